The molecule has 0 aliphatic heterocycles. The summed E-state index contributed by atoms with van der Waals surface area (Å²) in [5, 5.41) is 18.7. The number of aliphatic hydroxyl groups excluding tert-OH is 2. The number of rotatable bonds is 44. The molecule has 16 nitrogen and oxygen atoms in total. The summed E-state index contributed by atoms with van der Waals surface area (Å²) in [4.78, 5) is 2.26. The number of benzene rings is 1. The van der Waals surface area contributed by atoms with Crippen LogP contribution in [-0.2, 0) is 61.6 Å². The molecule has 0 bridgehead atoms. The van der Waals surface area contributed by atoms with Crippen molar-refractivity contribution >= 4 is 5.69 Å². The maximum atomic E-state index is 9.36. The molecule has 0 amide bonds. The second-order valence-corrected chi connectivity index (χ2v) is 17.8. The highest BCUT2D eigenvalue weighted by atomic mass is 16.6. The molecule has 1 rings (SSSR count). The van der Waals surface area contributed by atoms with Crippen molar-refractivity contribution in [2.75, 3.05) is 117 Å². The second-order valence-electron chi connectivity index (χ2n) is 17.8. The quantitative estimate of drug-likeness (QED) is 0.0761. The Hall–Kier alpha value is -1.58. The first-order valence-corrected chi connectivity index (χ1v) is 24.0. The molecular weight excluding hydrogens is 843 g/mol. The SMILES string of the molecule is CC(O)COC(C)COC(C)COC(C)COC(C)COC(C)COCCN(CCOCC(C)OCC(C)OCC(C)OCC(C)OCC(C)OCC(C)OCC(C)O)c1ccccc1. The summed E-state index contributed by atoms with van der Waals surface area (Å²) in [5.41, 5.74) is 1.11. The standard InChI is InChI=1S/C49H93NO15/c1-36(51)23-55-40(5)27-59-44(9)31-63-46(11)33-61-42(7)29-57-38(3)25-53-21-19-50(49-17-15-14-16-18-49)20-22-54-26-39(4)58-30-43(8)62-34-47(12)65-35-48(13)64-32-45(10)60-28-41(6)56-24-37(2)52/h14-18,36-48,51-52H,19-35H2,1-13H3. The van der Waals surface area contributed by atoms with E-state index in [0.29, 0.717) is 112 Å². The third-order valence-corrected chi connectivity index (χ3v) is 9.62. The number of anilines is 1. The molecule has 0 aliphatic rings. The van der Waals surface area contributed by atoms with Crippen LogP contribution in [0.15, 0.2) is 30.3 Å². The van der Waals surface area contributed by atoms with Gasteiger partial charge in [-0.2, -0.15) is 0 Å². The minimum Gasteiger partial charge on any atom is -0.391 e. The number of nitrogens with zero attached hydrogens (tertiary/aromatic N) is 1. The zero-order valence-electron chi connectivity index (χ0n) is 42.6. The van der Waals surface area contributed by atoms with Gasteiger partial charge in [0, 0.05) is 18.8 Å². The van der Waals surface area contributed by atoms with Crippen molar-refractivity contribution in [3.05, 3.63) is 30.3 Å². The van der Waals surface area contributed by atoms with Crippen molar-refractivity contribution in [1.82, 2.24) is 0 Å². The van der Waals surface area contributed by atoms with Crippen LogP contribution < -0.4 is 4.90 Å². The number of ether oxygens (including phenoxy) is 13. The Kier molecular flexibility index (Phi) is 36.2. The van der Waals surface area contributed by atoms with Crippen LogP contribution in [0, 0.1) is 0 Å². The first-order chi connectivity index (χ1) is 30.9. The number of hydrogen-bond donors (Lipinski definition) is 2. The first kappa shape index (κ1) is 61.4. The Balaban J connectivity index is 2.22. The largest absolute Gasteiger partial charge is 0.391 e. The molecular formula is C49H93NO15. The Morgan fingerprint density at radius 2 is 0.538 bits per heavy atom. The molecule has 384 valence electrons. The first-order valence-electron chi connectivity index (χ1n) is 24.0. The molecule has 16 heteroatoms. The Morgan fingerprint density at radius 1 is 0.323 bits per heavy atom. The number of para-hydroxylation sites is 1. The van der Waals surface area contributed by atoms with Gasteiger partial charge in [0.05, 0.1) is 178 Å². The lowest BCUT2D eigenvalue weighted by atomic mass is 10.3. The van der Waals surface area contributed by atoms with Gasteiger partial charge >= 0.3 is 0 Å². The van der Waals surface area contributed by atoms with E-state index in [2.05, 4.69) is 17.0 Å². The fraction of sp³-hybridized carbons (Fsp3) is 0.878. The van der Waals surface area contributed by atoms with E-state index in [1.165, 1.54) is 0 Å². The summed E-state index contributed by atoms with van der Waals surface area (Å²) in [6, 6.07) is 10.3. The van der Waals surface area contributed by atoms with Crippen LogP contribution in [0.3, 0.4) is 0 Å². The summed E-state index contributed by atoms with van der Waals surface area (Å²) in [6.45, 7) is 33.2. The summed E-state index contributed by atoms with van der Waals surface area (Å²) in [7, 11) is 0. The minimum atomic E-state index is -0.494. The highest BCUT2D eigenvalue weighted by Gasteiger charge is 2.16. The molecule has 65 heavy (non-hydrogen) atoms. The van der Waals surface area contributed by atoms with Gasteiger partial charge in [-0.15, -0.1) is 0 Å². The average molecular weight is 936 g/mol. The van der Waals surface area contributed by atoms with Gasteiger partial charge in [-0.25, -0.2) is 0 Å². The Morgan fingerprint density at radius 3 is 0.769 bits per heavy atom. The predicted molar refractivity (Wildman–Crippen MR) is 253 cm³/mol. The molecule has 0 heterocycles. The molecule has 1 aromatic rings. The van der Waals surface area contributed by atoms with E-state index in [9.17, 15) is 10.2 Å². The molecule has 2 N–H and O–H groups in total. The fourth-order valence-electron chi connectivity index (χ4n) is 5.69. The van der Waals surface area contributed by atoms with E-state index in [1.54, 1.807) is 13.8 Å². The lowest BCUT2D eigenvalue weighted by Gasteiger charge is -2.26. The average Bonchev–Trinajstić information content (AvgIpc) is 3.28. The van der Waals surface area contributed by atoms with Crippen molar-refractivity contribution in [2.45, 2.75) is 169 Å². The van der Waals surface area contributed by atoms with Crippen LogP contribution in [0.4, 0.5) is 5.69 Å². The maximum Gasteiger partial charge on any atom is 0.0781 e. The molecule has 13 atom stereocenters. The Bertz CT molecular complexity index is 1210. The van der Waals surface area contributed by atoms with E-state index < -0.39 is 12.2 Å². The molecule has 0 aromatic heterocycles. The maximum absolute atomic E-state index is 9.36. The molecule has 0 aliphatic carbocycles. The van der Waals surface area contributed by atoms with Gasteiger partial charge in [-0.1, -0.05) is 18.2 Å². The normalized spacial score (nSPS) is 18.2. The smallest absolute Gasteiger partial charge is 0.0781 e. The van der Waals surface area contributed by atoms with Crippen LogP contribution in [0.1, 0.15) is 90.0 Å². The van der Waals surface area contributed by atoms with Gasteiger partial charge in [0.2, 0.25) is 0 Å². The summed E-state index contributed by atoms with van der Waals surface area (Å²) in [5.74, 6) is 0. The van der Waals surface area contributed by atoms with Crippen molar-refractivity contribution in [1.29, 1.82) is 0 Å². The molecule has 13 unspecified atom stereocenters. The summed E-state index contributed by atoms with van der Waals surface area (Å²) < 4.78 is 76.5. The summed E-state index contributed by atoms with van der Waals surface area (Å²) in [6.07, 6.45) is -1.99. The lowest BCUT2D eigenvalue weighted by Crippen LogP contribution is -2.33. The van der Waals surface area contributed by atoms with Crippen LogP contribution >= 0.6 is 0 Å². The molecule has 0 fully saturated rings. The second kappa shape index (κ2) is 38.3. The van der Waals surface area contributed by atoms with Crippen molar-refractivity contribution < 1.29 is 71.8 Å². The van der Waals surface area contributed by atoms with Crippen LogP contribution in [0.5, 0.6) is 0 Å². The number of hydrogen-bond acceptors (Lipinski definition) is 16. The lowest BCUT2D eigenvalue weighted by molar-refractivity contribution is -0.106. The fourth-order valence-corrected chi connectivity index (χ4v) is 5.69. The Labute approximate surface area is 393 Å². The molecule has 0 saturated heterocycles. The van der Waals surface area contributed by atoms with Crippen LogP contribution in [-0.4, -0.2) is 202 Å². The summed E-state index contributed by atoms with van der Waals surface area (Å²) >= 11 is 0. The van der Waals surface area contributed by atoms with Gasteiger partial charge in [0.25, 0.3) is 0 Å². The molecule has 0 radical (unpaired) electrons. The minimum absolute atomic E-state index is 0.0843. The van der Waals surface area contributed by atoms with Crippen molar-refractivity contribution in [2.24, 2.45) is 0 Å². The van der Waals surface area contributed by atoms with Gasteiger partial charge in [-0.3, -0.25) is 0 Å². The van der Waals surface area contributed by atoms with Crippen molar-refractivity contribution in [3.63, 3.8) is 0 Å². The highest BCUT2D eigenvalue weighted by molar-refractivity contribution is 5.45. The van der Waals surface area contributed by atoms with Crippen molar-refractivity contribution in [3.8, 4) is 0 Å². The topological polar surface area (TPSA) is 164 Å². The van der Waals surface area contributed by atoms with E-state index in [1.807, 2.05) is 94.4 Å². The third kappa shape index (κ3) is 36.1. The van der Waals surface area contributed by atoms with Gasteiger partial charge < -0.3 is 76.7 Å². The van der Waals surface area contributed by atoms with Crippen LogP contribution in [0.2, 0.25) is 0 Å². The molecule has 0 spiro atoms. The van der Waals surface area contributed by atoms with E-state index >= 15 is 0 Å². The van der Waals surface area contributed by atoms with Gasteiger partial charge in [0.1, 0.15) is 0 Å². The zero-order chi connectivity index (χ0) is 48.4. The predicted octanol–water partition coefficient (Wildman–Crippen LogP) is 5.74. The highest BCUT2D eigenvalue weighted by Crippen LogP contribution is 2.13. The van der Waals surface area contributed by atoms with E-state index in [0.717, 1.165) is 5.69 Å². The van der Waals surface area contributed by atoms with E-state index in [4.69, 9.17) is 61.6 Å². The monoisotopic (exact) mass is 936 g/mol. The molecule has 0 saturated carbocycles. The molecule has 1 aromatic carbocycles. The van der Waals surface area contributed by atoms with E-state index in [-0.39, 0.29) is 67.1 Å². The number of aliphatic hydroxyl groups is 2. The third-order valence-electron chi connectivity index (χ3n) is 9.62. The zero-order valence-corrected chi connectivity index (χ0v) is 42.6. The van der Waals surface area contributed by atoms with Gasteiger partial charge in [-0.05, 0) is 102 Å². The van der Waals surface area contributed by atoms with Gasteiger partial charge in [0.15, 0.2) is 0 Å². The van der Waals surface area contributed by atoms with Crippen LogP contribution in [0.25, 0.3) is 0 Å².